The van der Waals surface area contributed by atoms with Crippen molar-refractivity contribution in [1.29, 1.82) is 0 Å². The highest BCUT2D eigenvalue weighted by Gasteiger charge is 2.30. The van der Waals surface area contributed by atoms with Gasteiger partial charge in [-0.05, 0) is 42.5 Å². The molecular formula is C19H18ClF3N2O3. The van der Waals surface area contributed by atoms with Crippen LogP contribution in [0.4, 0.5) is 13.2 Å². The monoisotopic (exact) mass is 414 g/mol. The maximum atomic E-state index is 12.6. The first kappa shape index (κ1) is 21.6. The zero-order valence-electron chi connectivity index (χ0n) is 14.7. The van der Waals surface area contributed by atoms with Crippen LogP contribution in [0.25, 0.3) is 0 Å². The Morgan fingerprint density at radius 2 is 1.71 bits per heavy atom. The Kier molecular flexibility index (Phi) is 7.69. The van der Waals surface area contributed by atoms with E-state index in [0.29, 0.717) is 10.6 Å². The molecule has 0 atom stereocenters. The van der Waals surface area contributed by atoms with Crippen molar-refractivity contribution in [1.82, 2.24) is 10.6 Å². The Bertz CT molecular complexity index is 811. The predicted octanol–water partition coefficient (Wildman–Crippen LogP) is 3.67. The first-order valence-corrected chi connectivity index (χ1v) is 8.74. The second-order valence-corrected chi connectivity index (χ2v) is 6.17. The average molecular weight is 415 g/mol. The van der Waals surface area contributed by atoms with Crippen LogP contribution in [0.3, 0.4) is 0 Å². The Balaban J connectivity index is 1.64. The maximum absolute atomic E-state index is 12.6. The minimum absolute atomic E-state index is 0.0180. The van der Waals surface area contributed by atoms with Crippen molar-refractivity contribution >= 4 is 23.4 Å². The topological polar surface area (TPSA) is 67.4 Å². The fourth-order valence-electron chi connectivity index (χ4n) is 2.20. The van der Waals surface area contributed by atoms with Crippen LogP contribution >= 0.6 is 11.6 Å². The Morgan fingerprint density at radius 1 is 1.00 bits per heavy atom. The molecule has 0 aliphatic carbocycles. The van der Waals surface area contributed by atoms with E-state index >= 15 is 0 Å². The number of hydrogen-bond acceptors (Lipinski definition) is 3. The lowest BCUT2D eigenvalue weighted by atomic mass is 10.2. The summed E-state index contributed by atoms with van der Waals surface area (Å²) in [4.78, 5) is 23.6. The molecule has 0 aliphatic heterocycles. The van der Waals surface area contributed by atoms with E-state index in [2.05, 4.69) is 10.6 Å². The number of hydrogen-bond donors (Lipinski definition) is 2. The second-order valence-electron chi connectivity index (χ2n) is 5.74. The molecule has 9 heteroatoms. The molecule has 0 saturated heterocycles. The quantitative estimate of drug-likeness (QED) is 0.648. The van der Waals surface area contributed by atoms with E-state index in [9.17, 15) is 22.8 Å². The molecule has 0 spiro atoms. The summed E-state index contributed by atoms with van der Waals surface area (Å²) in [6.45, 7) is 0.284. The standard InChI is InChI=1S/C19H18ClF3N2O3/c20-15-6-4-13(5-7-15)18(27)25-9-8-17(26)24-10-11-28-16-3-1-2-14(12-16)19(21,22)23/h1-7,12H,8-11H2,(H,24,26)(H,25,27). The van der Waals surface area contributed by atoms with Gasteiger partial charge >= 0.3 is 6.18 Å². The molecule has 5 nitrogen and oxygen atoms in total. The van der Waals surface area contributed by atoms with E-state index in [1.54, 1.807) is 24.3 Å². The van der Waals surface area contributed by atoms with E-state index in [1.807, 2.05) is 0 Å². The van der Waals surface area contributed by atoms with Gasteiger partial charge in [-0.2, -0.15) is 13.2 Å². The van der Waals surface area contributed by atoms with Crippen LogP contribution in [0, 0.1) is 0 Å². The number of ether oxygens (including phenoxy) is 1. The van der Waals surface area contributed by atoms with Gasteiger partial charge in [0.05, 0.1) is 12.1 Å². The Hall–Kier alpha value is -2.74. The molecule has 2 N–H and O–H groups in total. The minimum atomic E-state index is -4.44. The number of rotatable bonds is 8. The zero-order chi connectivity index (χ0) is 20.6. The van der Waals surface area contributed by atoms with Crippen molar-refractivity contribution in [3.8, 4) is 5.75 Å². The van der Waals surface area contributed by atoms with Crippen LogP contribution in [0.1, 0.15) is 22.3 Å². The average Bonchev–Trinajstić information content (AvgIpc) is 2.65. The third-order valence-corrected chi connectivity index (χ3v) is 3.85. The van der Waals surface area contributed by atoms with Crippen molar-refractivity contribution in [3.63, 3.8) is 0 Å². The third-order valence-electron chi connectivity index (χ3n) is 3.60. The molecule has 28 heavy (non-hydrogen) atoms. The van der Waals surface area contributed by atoms with Crippen molar-refractivity contribution < 1.29 is 27.5 Å². The molecule has 2 aromatic rings. The van der Waals surface area contributed by atoms with Crippen LogP contribution in [0.2, 0.25) is 5.02 Å². The molecule has 0 radical (unpaired) electrons. The minimum Gasteiger partial charge on any atom is -0.492 e. The molecular weight excluding hydrogens is 397 g/mol. The summed E-state index contributed by atoms with van der Waals surface area (Å²) >= 11 is 5.74. The number of nitrogens with one attached hydrogen (secondary N) is 2. The highest BCUT2D eigenvalue weighted by atomic mass is 35.5. The zero-order valence-corrected chi connectivity index (χ0v) is 15.4. The van der Waals surface area contributed by atoms with Gasteiger partial charge in [-0.15, -0.1) is 0 Å². The lowest BCUT2D eigenvalue weighted by Crippen LogP contribution is -2.32. The number of carbonyl (C=O) groups is 2. The molecule has 0 aromatic heterocycles. The molecule has 0 saturated carbocycles. The van der Waals surface area contributed by atoms with Crippen LogP contribution in [-0.4, -0.2) is 31.5 Å². The lowest BCUT2D eigenvalue weighted by Gasteiger charge is -2.11. The molecule has 0 aliphatic rings. The van der Waals surface area contributed by atoms with Crippen LogP contribution in [0.15, 0.2) is 48.5 Å². The van der Waals surface area contributed by atoms with Gasteiger partial charge in [0.15, 0.2) is 0 Å². The summed E-state index contributed by atoms with van der Waals surface area (Å²) in [7, 11) is 0. The summed E-state index contributed by atoms with van der Waals surface area (Å²) in [5.41, 5.74) is -0.371. The van der Waals surface area contributed by atoms with Gasteiger partial charge < -0.3 is 15.4 Å². The third kappa shape index (κ3) is 7.11. The number of alkyl halides is 3. The molecule has 2 amide bonds. The van der Waals surface area contributed by atoms with Gasteiger partial charge in [0, 0.05) is 23.6 Å². The molecule has 0 fully saturated rings. The summed E-state index contributed by atoms with van der Waals surface area (Å²) in [6.07, 6.45) is -4.38. The van der Waals surface area contributed by atoms with E-state index in [0.717, 1.165) is 12.1 Å². The van der Waals surface area contributed by atoms with Gasteiger partial charge in [0.25, 0.3) is 5.91 Å². The van der Waals surface area contributed by atoms with Crippen LogP contribution in [-0.2, 0) is 11.0 Å². The number of carbonyl (C=O) groups excluding carboxylic acids is 2. The molecule has 2 aromatic carbocycles. The number of halogens is 4. The van der Waals surface area contributed by atoms with E-state index in [1.165, 1.54) is 12.1 Å². The number of amides is 2. The van der Waals surface area contributed by atoms with Crippen molar-refractivity contribution in [2.45, 2.75) is 12.6 Å². The maximum Gasteiger partial charge on any atom is 0.416 e. The van der Waals surface area contributed by atoms with E-state index in [-0.39, 0.29) is 43.7 Å². The molecule has 2 rings (SSSR count). The normalized spacial score (nSPS) is 11.0. The van der Waals surface area contributed by atoms with Crippen LogP contribution < -0.4 is 15.4 Å². The van der Waals surface area contributed by atoms with E-state index in [4.69, 9.17) is 16.3 Å². The molecule has 0 unspecified atom stereocenters. The Labute approximate surface area is 164 Å². The Morgan fingerprint density at radius 3 is 2.39 bits per heavy atom. The first-order valence-electron chi connectivity index (χ1n) is 8.36. The molecule has 0 heterocycles. The van der Waals surface area contributed by atoms with Gasteiger partial charge in [0.2, 0.25) is 5.91 Å². The van der Waals surface area contributed by atoms with Gasteiger partial charge in [0.1, 0.15) is 12.4 Å². The largest absolute Gasteiger partial charge is 0.492 e. The summed E-state index contributed by atoms with van der Waals surface area (Å²) in [6, 6.07) is 10.8. The lowest BCUT2D eigenvalue weighted by molar-refractivity contribution is -0.137. The molecule has 0 bridgehead atoms. The SMILES string of the molecule is O=C(CCNC(=O)c1ccc(Cl)cc1)NCCOc1cccc(C(F)(F)F)c1. The van der Waals surface area contributed by atoms with Crippen LogP contribution in [0.5, 0.6) is 5.75 Å². The first-order chi connectivity index (χ1) is 13.3. The van der Waals surface area contributed by atoms with Gasteiger partial charge in [-0.25, -0.2) is 0 Å². The fourth-order valence-corrected chi connectivity index (χ4v) is 2.33. The summed E-state index contributed by atoms with van der Waals surface area (Å²) in [5, 5.41) is 5.69. The highest BCUT2D eigenvalue weighted by molar-refractivity contribution is 6.30. The number of benzene rings is 2. The fraction of sp³-hybridized carbons (Fsp3) is 0.263. The molecule has 150 valence electrons. The van der Waals surface area contributed by atoms with Crippen molar-refractivity contribution in [3.05, 3.63) is 64.7 Å². The summed E-state index contributed by atoms with van der Waals surface area (Å²) in [5.74, 6) is -0.569. The van der Waals surface area contributed by atoms with Crippen molar-refractivity contribution in [2.24, 2.45) is 0 Å². The summed E-state index contributed by atoms with van der Waals surface area (Å²) < 4.78 is 43.1. The predicted molar refractivity (Wildman–Crippen MR) is 98.4 cm³/mol. The van der Waals surface area contributed by atoms with Gasteiger partial charge in [-0.3, -0.25) is 9.59 Å². The van der Waals surface area contributed by atoms with Crippen molar-refractivity contribution in [2.75, 3.05) is 19.7 Å². The smallest absolute Gasteiger partial charge is 0.416 e. The second kappa shape index (κ2) is 9.98. The highest BCUT2D eigenvalue weighted by Crippen LogP contribution is 2.31. The van der Waals surface area contributed by atoms with Gasteiger partial charge in [-0.1, -0.05) is 17.7 Å². The van der Waals surface area contributed by atoms with E-state index < -0.39 is 11.7 Å².